The van der Waals surface area contributed by atoms with Crippen molar-refractivity contribution in [2.75, 3.05) is 20.0 Å². The zero-order chi connectivity index (χ0) is 19.3. The number of ether oxygens (including phenoxy) is 3. The highest BCUT2D eigenvalue weighted by atomic mass is 31.2. The van der Waals surface area contributed by atoms with Crippen molar-refractivity contribution >= 4 is 7.82 Å². The number of H-pyrrole nitrogens is 1. The van der Waals surface area contributed by atoms with E-state index in [2.05, 4.69) is 16.1 Å². The summed E-state index contributed by atoms with van der Waals surface area (Å²) in [6, 6.07) is 0. The van der Waals surface area contributed by atoms with E-state index in [0.29, 0.717) is 5.56 Å². The lowest BCUT2D eigenvalue weighted by Gasteiger charge is -2.19. The third-order valence-electron chi connectivity index (χ3n) is 3.64. The van der Waals surface area contributed by atoms with E-state index in [4.69, 9.17) is 24.0 Å². The zero-order valence-corrected chi connectivity index (χ0v) is 15.0. The Labute approximate surface area is 148 Å². The van der Waals surface area contributed by atoms with Crippen LogP contribution in [-0.2, 0) is 23.3 Å². The van der Waals surface area contributed by atoms with Crippen LogP contribution in [0.2, 0.25) is 0 Å². The summed E-state index contributed by atoms with van der Waals surface area (Å²) in [5.41, 5.74) is -0.852. The number of aromatic amines is 1. The van der Waals surface area contributed by atoms with E-state index in [1.807, 2.05) is 0 Å². The Morgan fingerprint density at radius 3 is 2.88 bits per heavy atom. The molecule has 0 amide bonds. The molecule has 1 unspecified atom stereocenters. The topological polar surface area (TPSA) is 149 Å². The summed E-state index contributed by atoms with van der Waals surface area (Å²) in [5, 5.41) is 0. The smallest absolute Gasteiger partial charge is 0.351 e. The molecule has 0 aliphatic carbocycles. The molecule has 3 atom stereocenters. The molecule has 1 aromatic rings. The van der Waals surface area contributed by atoms with Gasteiger partial charge in [-0.05, 0) is 6.92 Å². The molecule has 1 fully saturated rings. The Morgan fingerprint density at radius 2 is 2.23 bits per heavy atom. The van der Waals surface area contributed by atoms with Crippen LogP contribution in [0.1, 0.15) is 18.2 Å². The molecule has 1 aliphatic rings. The summed E-state index contributed by atoms with van der Waals surface area (Å²) in [5.74, 6) is 0. The van der Waals surface area contributed by atoms with Gasteiger partial charge in [-0.2, -0.15) is 0 Å². The Hall–Kier alpha value is -1.59. The van der Waals surface area contributed by atoms with Crippen molar-refractivity contribution in [3.63, 3.8) is 0 Å². The first-order valence-electron chi connectivity index (χ1n) is 7.69. The number of hydrogen-bond donors (Lipinski definition) is 3. The molecule has 12 heteroatoms. The molecule has 0 spiro atoms. The first-order chi connectivity index (χ1) is 12.2. The maximum absolute atomic E-state index is 12.0. The van der Waals surface area contributed by atoms with E-state index in [9.17, 15) is 14.2 Å². The fraction of sp³-hybridized carbons (Fsp3) is 0.571. The second-order valence-corrected chi connectivity index (χ2v) is 6.85. The van der Waals surface area contributed by atoms with Crippen LogP contribution in [0.3, 0.4) is 0 Å². The van der Waals surface area contributed by atoms with Gasteiger partial charge in [0.1, 0.15) is 19.1 Å². The third-order valence-corrected chi connectivity index (χ3v) is 4.13. The van der Waals surface area contributed by atoms with E-state index >= 15 is 0 Å². The maximum Gasteiger partial charge on any atom is 0.469 e. The minimum absolute atomic E-state index is 0.0985. The molecule has 2 heterocycles. The third kappa shape index (κ3) is 5.71. The standard InChI is InChI=1S/C14H21N2O9P/c1-3-4-22-8-23-10-5-12(25-11(10)7-24-26(19,20)21)16-6-9(2)13(17)15-14(16)18/h3,6,10-12H,1,4-5,7-8H2,2H3,(H,15,17,18)(H2,19,20,21)/t10-,11?,12-/m1/s1. The fourth-order valence-electron chi connectivity index (χ4n) is 2.43. The predicted molar refractivity (Wildman–Crippen MR) is 88.5 cm³/mol. The van der Waals surface area contributed by atoms with Crippen molar-refractivity contribution in [1.82, 2.24) is 9.55 Å². The number of nitrogens with one attached hydrogen (secondary N) is 1. The lowest BCUT2D eigenvalue weighted by Crippen LogP contribution is -2.33. The summed E-state index contributed by atoms with van der Waals surface area (Å²) in [7, 11) is -4.69. The van der Waals surface area contributed by atoms with E-state index in [-0.39, 0.29) is 19.8 Å². The molecule has 1 aromatic heterocycles. The van der Waals surface area contributed by atoms with E-state index in [1.54, 1.807) is 0 Å². The SMILES string of the molecule is C=CCOCO[C@@H]1C[C@H](n2cc(C)c(=O)[nH]c2=O)OC1COP(=O)(O)O. The molecule has 0 saturated carbocycles. The highest BCUT2D eigenvalue weighted by Gasteiger charge is 2.39. The van der Waals surface area contributed by atoms with Crippen molar-refractivity contribution in [3.8, 4) is 0 Å². The predicted octanol–water partition coefficient (Wildman–Crippen LogP) is -0.213. The summed E-state index contributed by atoms with van der Waals surface area (Å²) in [6.07, 6.45) is 0.790. The van der Waals surface area contributed by atoms with Crippen LogP contribution in [0.5, 0.6) is 0 Å². The van der Waals surface area contributed by atoms with Gasteiger partial charge in [-0.1, -0.05) is 6.08 Å². The van der Waals surface area contributed by atoms with Gasteiger partial charge >= 0.3 is 13.5 Å². The maximum atomic E-state index is 12.0. The average Bonchev–Trinajstić information content (AvgIpc) is 2.95. The zero-order valence-electron chi connectivity index (χ0n) is 14.1. The molecular weight excluding hydrogens is 371 g/mol. The molecule has 1 saturated heterocycles. The Bertz CT molecular complexity index is 783. The quantitative estimate of drug-likeness (QED) is 0.224. The van der Waals surface area contributed by atoms with Crippen LogP contribution in [0, 0.1) is 6.92 Å². The van der Waals surface area contributed by atoms with E-state index < -0.39 is 44.1 Å². The highest BCUT2D eigenvalue weighted by molar-refractivity contribution is 7.46. The van der Waals surface area contributed by atoms with Gasteiger partial charge in [-0.25, -0.2) is 9.36 Å². The second kappa shape index (κ2) is 8.87. The number of hydrogen-bond acceptors (Lipinski definition) is 7. The highest BCUT2D eigenvalue weighted by Crippen LogP contribution is 2.38. The Morgan fingerprint density at radius 1 is 1.50 bits per heavy atom. The molecule has 146 valence electrons. The summed E-state index contributed by atoms with van der Waals surface area (Å²) in [4.78, 5) is 43.4. The van der Waals surface area contributed by atoms with E-state index in [0.717, 1.165) is 0 Å². The number of phosphoric ester groups is 1. The average molecular weight is 392 g/mol. The van der Waals surface area contributed by atoms with Crippen molar-refractivity contribution in [2.45, 2.75) is 31.8 Å². The Balaban J connectivity index is 2.13. The van der Waals surface area contributed by atoms with Gasteiger partial charge in [-0.3, -0.25) is 18.9 Å². The number of nitrogens with zero attached hydrogens (tertiary/aromatic N) is 1. The van der Waals surface area contributed by atoms with Gasteiger partial charge in [0.2, 0.25) is 0 Å². The second-order valence-electron chi connectivity index (χ2n) is 5.61. The minimum atomic E-state index is -4.69. The molecule has 0 bridgehead atoms. The van der Waals surface area contributed by atoms with Gasteiger partial charge in [0.05, 0.1) is 19.3 Å². The van der Waals surface area contributed by atoms with Crippen molar-refractivity contribution in [1.29, 1.82) is 0 Å². The molecular formula is C14H21N2O9P. The Kier molecular flexibility index (Phi) is 7.07. The number of phosphoric acid groups is 1. The van der Waals surface area contributed by atoms with Crippen LogP contribution in [0.15, 0.2) is 28.4 Å². The van der Waals surface area contributed by atoms with Gasteiger partial charge in [0, 0.05) is 18.2 Å². The summed E-state index contributed by atoms with van der Waals surface area (Å²) < 4.78 is 32.9. The lowest BCUT2D eigenvalue weighted by molar-refractivity contribution is -0.113. The van der Waals surface area contributed by atoms with Crippen LogP contribution in [-0.4, -0.2) is 51.6 Å². The molecule has 1 aliphatic heterocycles. The molecule has 2 rings (SSSR count). The molecule has 11 nitrogen and oxygen atoms in total. The fourth-order valence-corrected chi connectivity index (χ4v) is 2.78. The van der Waals surface area contributed by atoms with Gasteiger partial charge in [0.25, 0.3) is 5.56 Å². The number of aryl methyl sites for hydroxylation is 1. The largest absolute Gasteiger partial charge is 0.469 e. The first-order valence-corrected chi connectivity index (χ1v) is 9.22. The van der Waals surface area contributed by atoms with Gasteiger partial charge < -0.3 is 24.0 Å². The normalized spacial score (nSPS) is 23.3. The lowest BCUT2D eigenvalue weighted by atomic mass is 10.2. The summed E-state index contributed by atoms with van der Waals surface area (Å²) >= 11 is 0. The monoisotopic (exact) mass is 392 g/mol. The van der Waals surface area contributed by atoms with Gasteiger partial charge in [0.15, 0.2) is 0 Å². The van der Waals surface area contributed by atoms with Crippen molar-refractivity contribution in [2.24, 2.45) is 0 Å². The molecule has 3 N–H and O–H groups in total. The number of aromatic nitrogens is 2. The van der Waals surface area contributed by atoms with Crippen LogP contribution >= 0.6 is 7.82 Å². The van der Waals surface area contributed by atoms with Crippen LogP contribution in [0.25, 0.3) is 0 Å². The van der Waals surface area contributed by atoms with Crippen LogP contribution in [0.4, 0.5) is 0 Å². The first kappa shape index (κ1) is 20.7. The summed E-state index contributed by atoms with van der Waals surface area (Å²) in [6.45, 7) is 4.76. The molecule has 26 heavy (non-hydrogen) atoms. The molecule has 0 aromatic carbocycles. The number of rotatable bonds is 9. The van der Waals surface area contributed by atoms with Crippen molar-refractivity contribution < 1.29 is 33.1 Å². The van der Waals surface area contributed by atoms with Gasteiger partial charge in [-0.15, -0.1) is 6.58 Å². The van der Waals surface area contributed by atoms with E-state index in [1.165, 1.54) is 23.8 Å². The molecule has 0 radical (unpaired) electrons. The van der Waals surface area contributed by atoms with Crippen molar-refractivity contribution in [3.05, 3.63) is 45.3 Å². The van der Waals surface area contributed by atoms with Crippen LogP contribution < -0.4 is 11.2 Å². The minimum Gasteiger partial charge on any atom is -0.351 e.